The van der Waals surface area contributed by atoms with E-state index in [0.717, 1.165) is 31.2 Å². The molecule has 2 unspecified atom stereocenters. The monoisotopic (exact) mass is 357 g/mol. The lowest BCUT2D eigenvalue weighted by atomic mass is 10.0. The van der Waals surface area contributed by atoms with Crippen molar-refractivity contribution >= 4 is 21.6 Å². The number of amides is 1. The summed E-state index contributed by atoms with van der Waals surface area (Å²) < 4.78 is 38.7. The first-order valence-corrected chi connectivity index (χ1v) is 9.83. The first kappa shape index (κ1) is 18.8. The van der Waals surface area contributed by atoms with Gasteiger partial charge in [-0.25, -0.2) is 17.5 Å². The molecule has 0 bridgehead atoms. The molecule has 0 spiro atoms. The van der Waals surface area contributed by atoms with Gasteiger partial charge in [0.2, 0.25) is 15.9 Å². The van der Waals surface area contributed by atoms with Crippen LogP contribution in [0.15, 0.2) is 18.2 Å². The Balaban J connectivity index is 2.00. The molecule has 134 valence electrons. The summed E-state index contributed by atoms with van der Waals surface area (Å²) in [6.07, 6.45) is 2.69. The molecule has 1 aliphatic heterocycles. The second-order valence-electron chi connectivity index (χ2n) is 6.35. The van der Waals surface area contributed by atoms with Crippen molar-refractivity contribution in [3.8, 4) is 0 Å². The Morgan fingerprint density at radius 2 is 2.12 bits per heavy atom. The molecular formula is C16H24FN3O3S. The van der Waals surface area contributed by atoms with Crippen LogP contribution in [0.3, 0.4) is 0 Å². The molecule has 1 fully saturated rings. The Bertz CT molecular complexity index is 709. The number of hydrogen-bond acceptors (Lipinski definition) is 4. The van der Waals surface area contributed by atoms with E-state index in [-0.39, 0.29) is 11.9 Å². The number of piperidine rings is 1. The highest BCUT2D eigenvalue weighted by Gasteiger charge is 2.28. The van der Waals surface area contributed by atoms with E-state index in [9.17, 15) is 17.6 Å². The van der Waals surface area contributed by atoms with E-state index >= 15 is 0 Å². The van der Waals surface area contributed by atoms with Crippen LogP contribution in [0.4, 0.5) is 10.1 Å². The predicted molar refractivity (Wildman–Crippen MR) is 91.8 cm³/mol. The van der Waals surface area contributed by atoms with Gasteiger partial charge in [0.25, 0.3) is 0 Å². The van der Waals surface area contributed by atoms with Crippen LogP contribution in [0.1, 0.15) is 25.3 Å². The Kier molecular flexibility index (Phi) is 5.95. The molecule has 24 heavy (non-hydrogen) atoms. The number of anilines is 1. The summed E-state index contributed by atoms with van der Waals surface area (Å²) in [4.78, 5) is 14.4. The number of carbonyl (C=O) groups is 1. The van der Waals surface area contributed by atoms with Gasteiger partial charge in [0.1, 0.15) is 5.82 Å². The van der Waals surface area contributed by atoms with Crippen LogP contribution in [-0.4, -0.2) is 50.7 Å². The van der Waals surface area contributed by atoms with Crippen molar-refractivity contribution in [3.63, 3.8) is 0 Å². The Morgan fingerprint density at radius 1 is 1.42 bits per heavy atom. The lowest BCUT2D eigenvalue weighted by molar-refractivity contribution is -0.121. The topological polar surface area (TPSA) is 78.5 Å². The molecule has 0 aromatic heterocycles. The van der Waals surface area contributed by atoms with Crippen LogP contribution in [0.25, 0.3) is 0 Å². The summed E-state index contributed by atoms with van der Waals surface area (Å²) in [5.74, 6) is -0.636. The Morgan fingerprint density at radius 3 is 2.79 bits per heavy atom. The molecule has 6 nitrogen and oxygen atoms in total. The molecular weight excluding hydrogens is 333 g/mol. The van der Waals surface area contributed by atoms with Gasteiger partial charge in [-0.05, 0) is 50.9 Å². The van der Waals surface area contributed by atoms with Gasteiger partial charge >= 0.3 is 0 Å². The van der Waals surface area contributed by atoms with Gasteiger partial charge < -0.3 is 5.32 Å². The molecule has 0 aliphatic carbocycles. The molecule has 2 rings (SSSR count). The van der Waals surface area contributed by atoms with Crippen molar-refractivity contribution in [2.75, 3.05) is 24.7 Å². The Hall–Kier alpha value is -1.51. The summed E-state index contributed by atoms with van der Waals surface area (Å²) in [5, 5.41) is 2.75. The zero-order valence-electron chi connectivity index (χ0n) is 14.2. The number of likely N-dealkylation sites (tertiary alicyclic amines) is 1. The maximum atomic E-state index is 13.3. The molecule has 1 aliphatic rings. The smallest absolute Gasteiger partial charge is 0.241 e. The van der Waals surface area contributed by atoms with Crippen LogP contribution in [0.2, 0.25) is 0 Å². The van der Waals surface area contributed by atoms with Crippen molar-refractivity contribution in [2.45, 2.75) is 38.8 Å². The number of hydrogen-bond donors (Lipinski definition) is 2. The number of benzene rings is 1. The van der Waals surface area contributed by atoms with Crippen LogP contribution < -0.4 is 10.0 Å². The first-order valence-electron chi connectivity index (χ1n) is 7.94. The van der Waals surface area contributed by atoms with Gasteiger partial charge in [-0.3, -0.25) is 9.69 Å². The van der Waals surface area contributed by atoms with E-state index in [1.165, 1.54) is 12.1 Å². The van der Waals surface area contributed by atoms with Crippen molar-refractivity contribution in [2.24, 2.45) is 0 Å². The van der Waals surface area contributed by atoms with Crippen LogP contribution in [0.5, 0.6) is 0 Å². The number of nitrogens with one attached hydrogen (secondary N) is 2. The highest BCUT2D eigenvalue weighted by Crippen LogP contribution is 2.18. The fourth-order valence-corrected chi connectivity index (χ4v) is 3.69. The van der Waals surface area contributed by atoms with E-state index in [2.05, 4.69) is 10.0 Å². The van der Waals surface area contributed by atoms with E-state index in [1.54, 1.807) is 19.9 Å². The van der Waals surface area contributed by atoms with Gasteiger partial charge in [0, 0.05) is 18.3 Å². The largest absolute Gasteiger partial charge is 0.324 e. The summed E-state index contributed by atoms with van der Waals surface area (Å²) in [6, 6.07) is 3.63. The van der Waals surface area contributed by atoms with Gasteiger partial charge in [-0.1, -0.05) is 6.07 Å². The summed E-state index contributed by atoms with van der Waals surface area (Å²) in [6.45, 7) is 4.77. The number of aryl methyl sites for hydroxylation is 1. The molecule has 1 heterocycles. The lowest BCUT2D eigenvalue weighted by Gasteiger charge is -2.36. The summed E-state index contributed by atoms with van der Waals surface area (Å²) >= 11 is 0. The summed E-state index contributed by atoms with van der Waals surface area (Å²) in [5.41, 5.74) is 1.24. The quantitative estimate of drug-likeness (QED) is 0.837. The lowest BCUT2D eigenvalue weighted by Crippen LogP contribution is -2.52. The number of carbonyl (C=O) groups excluding carboxylic acids is 1. The molecule has 2 atom stereocenters. The molecule has 1 aromatic carbocycles. The van der Waals surface area contributed by atoms with Crippen molar-refractivity contribution < 1.29 is 17.6 Å². The number of halogens is 1. The van der Waals surface area contributed by atoms with E-state index in [4.69, 9.17) is 0 Å². The van der Waals surface area contributed by atoms with E-state index in [0.29, 0.717) is 12.2 Å². The standard InChI is InChI=1S/C16H24FN3O3S/c1-11-6-7-13(17)9-15(11)18-16(21)12(2)20-8-4-5-14(10-20)19-24(3,22)23/h6-7,9,12,14,19H,4-5,8,10H2,1-3H3,(H,18,21). The molecule has 8 heteroatoms. The number of rotatable bonds is 5. The van der Waals surface area contributed by atoms with E-state index in [1.807, 2.05) is 4.90 Å². The zero-order chi connectivity index (χ0) is 17.9. The third-order valence-electron chi connectivity index (χ3n) is 4.22. The fourth-order valence-electron chi connectivity index (χ4n) is 2.89. The average molecular weight is 357 g/mol. The minimum Gasteiger partial charge on any atom is -0.324 e. The minimum absolute atomic E-state index is 0.195. The minimum atomic E-state index is -3.27. The molecule has 0 saturated carbocycles. The van der Waals surface area contributed by atoms with Gasteiger partial charge in [0.15, 0.2) is 0 Å². The molecule has 2 N–H and O–H groups in total. The van der Waals surface area contributed by atoms with Crippen molar-refractivity contribution in [3.05, 3.63) is 29.6 Å². The van der Waals surface area contributed by atoms with Crippen molar-refractivity contribution in [1.82, 2.24) is 9.62 Å². The van der Waals surface area contributed by atoms with Crippen LogP contribution in [0, 0.1) is 12.7 Å². The van der Waals surface area contributed by atoms with Gasteiger partial charge in [0.05, 0.1) is 12.3 Å². The second-order valence-corrected chi connectivity index (χ2v) is 8.13. The van der Waals surface area contributed by atoms with Crippen LogP contribution >= 0.6 is 0 Å². The first-order chi connectivity index (χ1) is 11.2. The third kappa shape index (κ3) is 5.25. The van der Waals surface area contributed by atoms with Crippen LogP contribution in [-0.2, 0) is 14.8 Å². The second kappa shape index (κ2) is 7.58. The maximum Gasteiger partial charge on any atom is 0.241 e. The fraction of sp³-hybridized carbons (Fsp3) is 0.562. The maximum absolute atomic E-state index is 13.3. The Labute approximate surface area is 142 Å². The van der Waals surface area contributed by atoms with E-state index < -0.39 is 21.9 Å². The molecule has 1 aromatic rings. The highest BCUT2D eigenvalue weighted by molar-refractivity contribution is 7.88. The number of sulfonamides is 1. The average Bonchev–Trinajstić information content (AvgIpc) is 2.48. The SMILES string of the molecule is Cc1ccc(F)cc1NC(=O)C(C)N1CCCC(NS(C)(=O)=O)C1. The third-order valence-corrected chi connectivity index (χ3v) is 4.98. The van der Waals surface area contributed by atoms with Gasteiger partial charge in [-0.15, -0.1) is 0 Å². The highest BCUT2D eigenvalue weighted by atomic mass is 32.2. The number of nitrogens with zero attached hydrogens (tertiary/aromatic N) is 1. The van der Waals surface area contributed by atoms with Crippen molar-refractivity contribution in [1.29, 1.82) is 0 Å². The van der Waals surface area contributed by atoms with Gasteiger partial charge in [-0.2, -0.15) is 0 Å². The normalized spacial score (nSPS) is 20.6. The summed E-state index contributed by atoms with van der Waals surface area (Å²) in [7, 11) is -3.27. The molecule has 1 saturated heterocycles. The predicted octanol–water partition coefficient (Wildman–Crippen LogP) is 1.47. The zero-order valence-corrected chi connectivity index (χ0v) is 15.0. The molecule has 0 radical (unpaired) electrons. The molecule has 1 amide bonds.